The normalized spacial score (nSPS) is 11.7. The number of benzene rings is 1. The fourth-order valence-electron chi connectivity index (χ4n) is 2.95. The van der Waals surface area contributed by atoms with Gasteiger partial charge >= 0.3 is 0 Å². The summed E-state index contributed by atoms with van der Waals surface area (Å²) in [5, 5.41) is 10.3. The Morgan fingerprint density at radius 2 is 2.07 bits per heavy atom. The van der Waals surface area contributed by atoms with Crippen LogP contribution in [0.3, 0.4) is 0 Å². The molecule has 0 N–H and O–H groups in total. The third kappa shape index (κ3) is 3.19. The van der Waals surface area contributed by atoms with Gasteiger partial charge in [-0.2, -0.15) is 0 Å². The highest BCUT2D eigenvalue weighted by Crippen LogP contribution is 2.20. The summed E-state index contributed by atoms with van der Waals surface area (Å²) < 4.78 is 23.2. The predicted octanol–water partition coefficient (Wildman–Crippen LogP) is 2.29. The Kier molecular flexibility index (Phi) is 4.63. The molecule has 27 heavy (non-hydrogen) atoms. The van der Waals surface area contributed by atoms with Crippen molar-refractivity contribution in [3.05, 3.63) is 57.7 Å². The average Bonchev–Trinajstić information content (AvgIpc) is 3.28. The molecule has 0 aliphatic carbocycles. The first-order valence-corrected chi connectivity index (χ1v) is 9.30. The lowest BCUT2D eigenvalue weighted by atomic mass is 10.3. The highest BCUT2D eigenvalue weighted by molar-refractivity contribution is 7.17. The van der Waals surface area contributed by atoms with Crippen molar-refractivity contribution < 1.29 is 9.13 Å². The summed E-state index contributed by atoms with van der Waals surface area (Å²) >= 11 is 1.41. The van der Waals surface area contributed by atoms with Crippen LogP contribution in [0.5, 0.6) is 5.75 Å². The number of fused-ring (bicyclic) bond motifs is 3. The lowest BCUT2D eigenvalue weighted by Gasteiger charge is -2.16. The monoisotopic (exact) mass is 387 g/mol. The van der Waals surface area contributed by atoms with E-state index in [-0.39, 0.29) is 17.1 Å². The number of para-hydroxylation sites is 1. The Bertz CT molecular complexity index is 1170. The fourth-order valence-corrected chi connectivity index (χ4v) is 3.80. The molecule has 0 fully saturated rings. The molecule has 0 aliphatic heterocycles. The molecule has 0 bridgehead atoms. The van der Waals surface area contributed by atoms with Gasteiger partial charge in [0.2, 0.25) is 5.78 Å². The predicted molar refractivity (Wildman–Crippen MR) is 102 cm³/mol. The number of aromatic nitrogens is 4. The second kappa shape index (κ2) is 7.09. The van der Waals surface area contributed by atoms with Crippen molar-refractivity contribution in [3.8, 4) is 5.75 Å². The number of aryl methyl sites for hydroxylation is 1. The van der Waals surface area contributed by atoms with Gasteiger partial charge in [0.25, 0.3) is 5.56 Å². The van der Waals surface area contributed by atoms with Gasteiger partial charge < -0.3 is 4.74 Å². The van der Waals surface area contributed by atoms with Crippen LogP contribution in [0.2, 0.25) is 0 Å². The Morgan fingerprint density at radius 1 is 1.26 bits per heavy atom. The van der Waals surface area contributed by atoms with E-state index in [1.165, 1.54) is 22.0 Å². The zero-order valence-electron chi connectivity index (χ0n) is 14.9. The number of thiophene rings is 1. The van der Waals surface area contributed by atoms with Crippen LogP contribution in [0.4, 0.5) is 4.39 Å². The zero-order valence-corrected chi connectivity index (χ0v) is 15.7. The third-order valence-corrected chi connectivity index (χ3v) is 5.27. The van der Waals surface area contributed by atoms with Gasteiger partial charge in [-0.3, -0.25) is 18.7 Å². The molecular weight excluding hydrogens is 369 g/mol. The number of nitrogens with zero attached hydrogens (tertiary/aromatic N) is 5. The van der Waals surface area contributed by atoms with Crippen LogP contribution in [-0.2, 0) is 13.6 Å². The van der Waals surface area contributed by atoms with Gasteiger partial charge in [0, 0.05) is 13.6 Å². The molecule has 0 spiro atoms. The van der Waals surface area contributed by atoms with Gasteiger partial charge in [0.15, 0.2) is 17.4 Å². The largest absolute Gasteiger partial charge is 0.489 e. The van der Waals surface area contributed by atoms with E-state index in [9.17, 15) is 9.18 Å². The van der Waals surface area contributed by atoms with Gasteiger partial charge in [-0.1, -0.05) is 12.1 Å². The third-order valence-electron chi connectivity index (χ3n) is 4.38. The molecule has 4 rings (SSSR count). The van der Waals surface area contributed by atoms with Crippen LogP contribution in [-0.4, -0.2) is 44.3 Å². The summed E-state index contributed by atoms with van der Waals surface area (Å²) in [4.78, 5) is 14.4. The average molecular weight is 387 g/mol. The highest BCUT2D eigenvalue weighted by Gasteiger charge is 2.16. The molecule has 140 valence electrons. The summed E-state index contributed by atoms with van der Waals surface area (Å²) in [6, 6.07) is 8.25. The first-order chi connectivity index (χ1) is 13.1. The minimum atomic E-state index is -0.371. The lowest BCUT2D eigenvalue weighted by Crippen LogP contribution is -2.25. The number of hydrogen-bond donors (Lipinski definition) is 0. The number of ether oxygens (including phenoxy) is 1. The topological polar surface area (TPSA) is 64.7 Å². The van der Waals surface area contributed by atoms with E-state index in [0.717, 1.165) is 11.3 Å². The van der Waals surface area contributed by atoms with E-state index in [4.69, 9.17) is 4.74 Å². The summed E-state index contributed by atoms with van der Waals surface area (Å²) in [5.41, 5.74) is 0.743. The van der Waals surface area contributed by atoms with Gasteiger partial charge in [0.05, 0.1) is 12.1 Å². The maximum Gasteiger partial charge on any atom is 0.272 e. The quantitative estimate of drug-likeness (QED) is 0.508. The fraction of sp³-hybridized carbons (Fsp3) is 0.278. The molecule has 0 aliphatic rings. The van der Waals surface area contributed by atoms with E-state index in [1.807, 2.05) is 27.8 Å². The smallest absolute Gasteiger partial charge is 0.272 e. The Hall–Kier alpha value is -2.78. The van der Waals surface area contributed by atoms with Gasteiger partial charge in [-0.05, 0) is 30.6 Å². The van der Waals surface area contributed by atoms with Crippen LogP contribution in [0.15, 0.2) is 40.5 Å². The molecule has 0 saturated carbocycles. The Balaban J connectivity index is 1.52. The van der Waals surface area contributed by atoms with Gasteiger partial charge in [-0.25, -0.2) is 4.39 Å². The van der Waals surface area contributed by atoms with Crippen molar-refractivity contribution >= 4 is 27.3 Å². The molecular formula is C18H18FN5O2S. The SMILES string of the molecule is CN(CCOc1ccccc1F)Cc1nnc2n(C)c(=O)c3sccc3n12. The molecule has 9 heteroatoms. The lowest BCUT2D eigenvalue weighted by molar-refractivity contribution is 0.223. The summed E-state index contributed by atoms with van der Waals surface area (Å²) in [6.45, 7) is 1.45. The first-order valence-electron chi connectivity index (χ1n) is 8.42. The summed E-state index contributed by atoms with van der Waals surface area (Å²) in [6.07, 6.45) is 0. The number of halogens is 1. The Morgan fingerprint density at radius 3 is 2.89 bits per heavy atom. The van der Waals surface area contributed by atoms with E-state index in [2.05, 4.69) is 10.2 Å². The minimum Gasteiger partial charge on any atom is -0.489 e. The van der Waals surface area contributed by atoms with Gasteiger partial charge in [-0.15, -0.1) is 21.5 Å². The molecule has 4 aromatic rings. The van der Waals surface area contributed by atoms with Crippen LogP contribution in [0.1, 0.15) is 5.82 Å². The summed E-state index contributed by atoms with van der Waals surface area (Å²) in [7, 11) is 3.62. The molecule has 0 saturated heterocycles. The maximum atomic E-state index is 13.6. The number of rotatable bonds is 6. The molecule has 1 aromatic carbocycles. The van der Waals surface area contributed by atoms with Crippen molar-refractivity contribution in [2.24, 2.45) is 7.05 Å². The minimum absolute atomic E-state index is 0.0712. The van der Waals surface area contributed by atoms with Gasteiger partial charge in [0.1, 0.15) is 11.3 Å². The Labute approximate surface area is 158 Å². The van der Waals surface area contributed by atoms with E-state index in [0.29, 0.717) is 30.2 Å². The zero-order chi connectivity index (χ0) is 19.0. The number of likely N-dealkylation sites (N-methyl/N-ethyl adjacent to an activating group) is 1. The van der Waals surface area contributed by atoms with Crippen molar-refractivity contribution in [2.75, 3.05) is 20.2 Å². The molecule has 7 nitrogen and oxygen atoms in total. The number of hydrogen-bond acceptors (Lipinski definition) is 6. The van der Waals surface area contributed by atoms with Crippen LogP contribution in [0.25, 0.3) is 16.0 Å². The molecule has 0 amide bonds. The molecule has 3 aromatic heterocycles. The molecule has 0 atom stereocenters. The van der Waals surface area contributed by atoms with Crippen molar-refractivity contribution in [3.63, 3.8) is 0 Å². The van der Waals surface area contributed by atoms with Crippen LogP contribution >= 0.6 is 11.3 Å². The highest BCUT2D eigenvalue weighted by atomic mass is 32.1. The summed E-state index contributed by atoms with van der Waals surface area (Å²) in [5.74, 6) is 1.12. The van der Waals surface area contributed by atoms with Crippen molar-refractivity contribution in [1.82, 2.24) is 24.1 Å². The molecule has 3 heterocycles. The van der Waals surface area contributed by atoms with E-state index in [1.54, 1.807) is 25.2 Å². The second-order valence-electron chi connectivity index (χ2n) is 6.27. The standard InChI is InChI=1S/C18H18FN5O2S/c1-22(8-9-26-14-6-4-3-5-12(14)19)11-15-20-21-18-23(2)17(25)16-13(24(15)18)7-10-27-16/h3-7,10H,8-9,11H2,1-2H3. The molecule has 0 unspecified atom stereocenters. The van der Waals surface area contributed by atoms with Crippen LogP contribution < -0.4 is 10.3 Å². The van der Waals surface area contributed by atoms with E-state index < -0.39 is 0 Å². The van der Waals surface area contributed by atoms with Crippen LogP contribution in [0, 0.1) is 5.82 Å². The van der Waals surface area contributed by atoms with Crippen molar-refractivity contribution in [1.29, 1.82) is 0 Å². The van der Waals surface area contributed by atoms with E-state index >= 15 is 0 Å². The first kappa shape index (κ1) is 17.6. The maximum absolute atomic E-state index is 13.6. The second-order valence-corrected chi connectivity index (χ2v) is 7.18. The van der Waals surface area contributed by atoms with Crippen molar-refractivity contribution in [2.45, 2.75) is 6.54 Å². The molecule has 0 radical (unpaired) electrons.